The van der Waals surface area contributed by atoms with E-state index in [9.17, 15) is 9.59 Å². The van der Waals surface area contributed by atoms with Crippen LogP contribution in [0, 0.1) is 0 Å². The number of hydrogen-bond acceptors (Lipinski definition) is 4. The highest BCUT2D eigenvalue weighted by molar-refractivity contribution is 5.97. The van der Waals surface area contributed by atoms with Crippen molar-refractivity contribution >= 4 is 17.6 Å². The molecule has 1 aromatic heterocycles. The van der Waals surface area contributed by atoms with Crippen molar-refractivity contribution in [2.75, 3.05) is 5.32 Å². The van der Waals surface area contributed by atoms with Crippen LogP contribution >= 0.6 is 0 Å². The van der Waals surface area contributed by atoms with Crippen LogP contribution in [0.15, 0.2) is 48.8 Å². The van der Waals surface area contributed by atoms with E-state index in [0.29, 0.717) is 11.5 Å². The molecule has 0 bridgehead atoms. The molecule has 2 aromatic rings. The number of para-hydroxylation sites is 1. The highest BCUT2D eigenvalue weighted by Crippen LogP contribution is 2.26. The van der Waals surface area contributed by atoms with Crippen molar-refractivity contribution < 1.29 is 14.3 Å². The monoisotopic (exact) mass is 326 g/mol. The average molecular weight is 326 g/mol. The summed E-state index contributed by atoms with van der Waals surface area (Å²) in [6.07, 6.45) is 3.09. The van der Waals surface area contributed by atoms with Gasteiger partial charge >= 0.3 is 5.97 Å². The molecule has 0 radical (unpaired) electrons. The van der Waals surface area contributed by atoms with Gasteiger partial charge in [-0.3, -0.25) is 9.78 Å². The first-order valence-corrected chi connectivity index (χ1v) is 8.03. The third kappa shape index (κ3) is 4.41. The standard InChI is InChI=1S/C19H22N2O3/c1-4-13(2)16-7-5-6-8-17(16)21-18(22)14(3)24-19(23)15-9-11-20-12-10-15/h5-14H,4H2,1-3H3,(H,21,22)/t13-,14-/m1/s1. The number of nitrogens with zero attached hydrogens (tertiary/aromatic N) is 1. The Kier molecular flexibility index (Phi) is 6.07. The number of anilines is 1. The van der Waals surface area contributed by atoms with Gasteiger partial charge in [0.1, 0.15) is 0 Å². The largest absolute Gasteiger partial charge is 0.449 e. The van der Waals surface area contributed by atoms with Crippen LogP contribution < -0.4 is 5.32 Å². The normalized spacial score (nSPS) is 13.0. The number of rotatable bonds is 6. The summed E-state index contributed by atoms with van der Waals surface area (Å²) in [5, 5.41) is 2.85. The summed E-state index contributed by atoms with van der Waals surface area (Å²) in [6.45, 7) is 5.76. The van der Waals surface area contributed by atoms with Gasteiger partial charge in [0.05, 0.1) is 5.56 Å². The van der Waals surface area contributed by atoms with Crippen LogP contribution in [0.1, 0.15) is 49.0 Å². The van der Waals surface area contributed by atoms with Crippen LogP contribution in [0.5, 0.6) is 0 Å². The molecular weight excluding hydrogens is 304 g/mol. The molecule has 0 saturated carbocycles. The molecule has 5 nitrogen and oxygen atoms in total. The molecule has 1 N–H and O–H groups in total. The number of esters is 1. The molecule has 5 heteroatoms. The summed E-state index contributed by atoms with van der Waals surface area (Å²) in [5.74, 6) is -0.570. The number of amides is 1. The van der Waals surface area contributed by atoms with Crippen LogP contribution in [0.2, 0.25) is 0 Å². The SMILES string of the molecule is CC[C@@H](C)c1ccccc1NC(=O)[C@@H](C)OC(=O)c1ccncc1. The molecule has 2 rings (SSSR count). The topological polar surface area (TPSA) is 68.3 Å². The maximum Gasteiger partial charge on any atom is 0.339 e. The Hall–Kier alpha value is -2.69. The van der Waals surface area contributed by atoms with Crippen molar-refractivity contribution in [1.29, 1.82) is 0 Å². The van der Waals surface area contributed by atoms with Crippen molar-refractivity contribution in [3.8, 4) is 0 Å². The molecule has 0 spiro atoms. The summed E-state index contributed by atoms with van der Waals surface area (Å²) in [4.78, 5) is 28.2. The molecule has 0 fully saturated rings. The molecule has 2 atom stereocenters. The van der Waals surface area contributed by atoms with Crippen LogP contribution in [0.25, 0.3) is 0 Å². The highest BCUT2D eigenvalue weighted by atomic mass is 16.5. The zero-order valence-electron chi connectivity index (χ0n) is 14.2. The molecule has 24 heavy (non-hydrogen) atoms. The van der Waals surface area contributed by atoms with E-state index in [-0.39, 0.29) is 5.91 Å². The molecule has 0 aliphatic heterocycles. The van der Waals surface area contributed by atoms with Crippen LogP contribution in [0.3, 0.4) is 0 Å². The number of pyridine rings is 1. The summed E-state index contributed by atoms with van der Waals surface area (Å²) in [6, 6.07) is 10.8. The lowest BCUT2D eigenvalue weighted by Gasteiger charge is -2.18. The van der Waals surface area contributed by atoms with Gasteiger partial charge in [-0.2, -0.15) is 0 Å². The minimum atomic E-state index is -0.893. The first kappa shape index (κ1) is 17.7. The Balaban J connectivity index is 2.03. The number of aromatic nitrogens is 1. The Morgan fingerprint density at radius 3 is 2.46 bits per heavy atom. The molecule has 0 saturated heterocycles. The van der Waals surface area contributed by atoms with Gasteiger partial charge in [-0.1, -0.05) is 32.0 Å². The number of hydrogen-bond donors (Lipinski definition) is 1. The third-order valence-corrected chi connectivity index (χ3v) is 3.93. The lowest BCUT2D eigenvalue weighted by atomic mass is 9.97. The second kappa shape index (κ2) is 8.24. The van der Waals surface area contributed by atoms with Crippen molar-refractivity contribution in [3.63, 3.8) is 0 Å². The van der Waals surface area contributed by atoms with Crippen LogP contribution in [-0.4, -0.2) is 23.0 Å². The maximum absolute atomic E-state index is 12.3. The number of carbonyl (C=O) groups excluding carboxylic acids is 2. The molecule has 1 amide bonds. The molecule has 126 valence electrons. The maximum atomic E-state index is 12.3. The van der Waals surface area contributed by atoms with E-state index < -0.39 is 12.1 Å². The molecule has 1 aromatic carbocycles. The second-order valence-electron chi connectivity index (χ2n) is 5.67. The predicted octanol–water partition coefficient (Wildman–Crippen LogP) is 3.78. The van der Waals surface area contributed by atoms with E-state index in [4.69, 9.17) is 4.74 Å². The van der Waals surface area contributed by atoms with E-state index >= 15 is 0 Å². The summed E-state index contributed by atoms with van der Waals surface area (Å²) in [7, 11) is 0. The Morgan fingerprint density at radius 2 is 1.79 bits per heavy atom. The van der Waals surface area contributed by atoms with E-state index in [1.54, 1.807) is 19.1 Å². The van der Waals surface area contributed by atoms with Crippen molar-refractivity contribution in [2.24, 2.45) is 0 Å². The smallest absolute Gasteiger partial charge is 0.339 e. The summed E-state index contributed by atoms with van der Waals surface area (Å²) in [5.41, 5.74) is 2.19. The van der Waals surface area contributed by atoms with Gasteiger partial charge in [-0.05, 0) is 43.0 Å². The van der Waals surface area contributed by atoms with Gasteiger partial charge in [0.15, 0.2) is 6.10 Å². The second-order valence-corrected chi connectivity index (χ2v) is 5.67. The predicted molar refractivity (Wildman–Crippen MR) is 92.9 cm³/mol. The number of nitrogens with one attached hydrogen (secondary N) is 1. The minimum Gasteiger partial charge on any atom is -0.449 e. The fourth-order valence-corrected chi connectivity index (χ4v) is 2.26. The van der Waals surface area contributed by atoms with E-state index in [0.717, 1.165) is 17.7 Å². The molecule has 1 heterocycles. The summed E-state index contributed by atoms with van der Waals surface area (Å²) < 4.78 is 5.22. The first-order chi connectivity index (χ1) is 11.5. The summed E-state index contributed by atoms with van der Waals surface area (Å²) >= 11 is 0. The van der Waals surface area contributed by atoms with Gasteiger partial charge in [0.2, 0.25) is 0 Å². The van der Waals surface area contributed by atoms with Gasteiger partial charge in [-0.15, -0.1) is 0 Å². The zero-order valence-corrected chi connectivity index (χ0v) is 14.2. The molecule has 0 unspecified atom stereocenters. The Morgan fingerprint density at radius 1 is 1.12 bits per heavy atom. The van der Waals surface area contributed by atoms with E-state index in [1.165, 1.54) is 12.4 Å². The number of benzene rings is 1. The zero-order chi connectivity index (χ0) is 17.5. The molecular formula is C19H22N2O3. The van der Waals surface area contributed by atoms with Crippen LogP contribution in [-0.2, 0) is 9.53 Å². The fourth-order valence-electron chi connectivity index (χ4n) is 2.26. The van der Waals surface area contributed by atoms with Gasteiger partial charge in [0, 0.05) is 18.1 Å². The number of ether oxygens (including phenoxy) is 1. The quantitative estimate of drug-likeness (QED) is 0.820. The Bertz CT molecular complexity index is 701. The van der Waals surface area contributed by atoms with Gasteiger partial charge < -0.3 is 10.1 Å². The van der Waals surface area contributed by atoms with Crippen LogP contribution in [0.4, 0.5) is 5.69 Å². The highest BCUT2D eigenvalue weighted by Gasteiger charge is 2.20. The third-order valence-electron chi connectivity index (χ3n) is 3.93. The first-order valence-electron chi connectivity index (χ1n) is 8.03. The van der Waals surface area contributed by atoms with Gasteiger partial charge in [0.25, 0.3) is 5.91 Å². The lowest BCUT2D eigenvalue weighted by Crippen LogP contribution is -2.30. The lowest BCUT2D eigenvalue weighted by molar-refractivity contribution is -0.123. The fraction of sp³-hybridized carbons (Fsp3) is 0.316. The van der Waals surface area contributed by atoms with Crippen molar-refractivity contribution in [1.82, 2.24) is 4.98 Å². The van der Waals surface area contributed by atoms with Crippen molar-refractivity contribution in [3.05, 3.63) is 59.9 Å². The van der Waals surface area contributed by atoms with Crippen molar-refractivity contribution in [2.45, 2.75) is 39.2 Å². The molecule has 0 aliphatic rings. The van der Waals surface area contributed by atoms with Gasteiger partial charge in [-0.25, -0.2) is 4.79 Å². The minimum absolute atomic E-state index is 0.330. The van der Waals surface area contributed by atoms with E-state index in [2.05, 4.69) is 24.1 Å². The molecule has 0 aliphatic carbocycles. The average Bonchev–Trinajstić information content (AvgIpc) is 2.62. The Labute approximate surface area is 142 Å². The number of carbonyl (C=O) groups is 2. The van der Waals surface area contributed by atoms with E-state index in [1.807, 2.05) is 24.3 Å².